The molecule has 24 heavy (non-hydrogen) atoms. The van der Waals surface area contributed by atoms with E-state index in [-0.39, 0.29) is 17.9 Å². The van der Waals surface area contributed by atoms with Crippen LogP contribution in [0.2, 0.25) is 0 Å². The number of rotatable bonds is 6. The van der Waals surface area contributed by atoms with Gasteiger partial charge in [0.25, 0.3) is 0 Å². The van der Waals surface area contributed by atoms with Gasteiger partial charge in [0.15, 0.2) is 0 Å². The Hall–Kier alpha value is -2.44. The summed E-state index contributed by atoms with van der Waals surface area (Å²) in [5, 5.41) is 13.9. The van der Waals surface area contributed by atoms with Crippen molar-refractivity contribution in [3.63, 3.8) is 0 Å². The predicted molar refractivity (Wildman–Crippen MR) is 88.6 cm³/mol. The molecular weight excluding hydrogens is 306 g/mol. The first-order valence-corrected chi connectivity index (χ1v) is 8.34. The van der Waals surface area contributed by atoms with Crippen molar-refractivity contribution in [1.29, 1.82) is 0 Å². The monoisotopic (exact) mass is 329 g/mol. The molecule has 1 saturated carbocycles. The molecule has 0 atom stereocenters. The van der Waals surface area contributed by atoms with Crippen LogP contribution in [0.4, 0.5) is 0 Å². The van der Waals surface area contributed by atoms with Crippen LogP contribution in [0.3, 0.4) is 0 Å². The van der Waals surface area contributed by atoms with E-state index in [0.717, 1.165) is 18.6 Å². The summed E-state index contributed by atoms with van der Waals surface area (Å²) in [6.07, 6.45) is 7.26. The maximum absolute atomic E-state index is 12.2. The fourth-order valence-electron chi connectivity index (χ4n) is 3.46. The zero-order valence-electron chi connectivity index (χ0n) is 13.9. The van der Waals surface area contributed by atoms with Gasteiger partial charge in [0.05, 0.1) is 7.11 Å². The van der Waals surface area contributed by atoms with E-state index in [1.807, 2.05) is 12.1 Å². The molecule has 1 aliphatic carbocycles. The van der Waals surface area contributed by atoms with E-state index in [4.69, 9.17) is 4.74 Å². The Morgan fingerprint density at radius 1 is 1.25 bits per heavy atom. The third-order valence-corrected chi connectivity index (χ3v) is 4.83. The van der Waals surface area contributed by atoms with E-state index in [0.29, 0.717) is 6.54 Å². The second-order valence-electron chi connectivity index (χ2n) is 6.35. The molecule has 1 aromatic heterocycles. The molecule has 128 valence electrons. The lowest BCUT2D eigenvalue weighted by Crippen LogP contribution is -2.43. The van der Waals surface area contributed by atoms with E-state index in [9.17, 15) is 4.79 Å². The Kier molecular flexibility index (Phi) is 5.08. The molecule has 1 aliphatic rings. The van der Waals surface area contributed by atoms with Crippen LogP contribution in [0, 0.1) is 0 Å². The number of carbonyl (C=O) groups excluding carboxylic acids is 1. The largest absolute Gasteiger partial charge is 0.497 e. The molecule has 0 unspecified atom stereocenters. The number of benzene rings is 1. The number of aromatic nitrogens is 4. The minimum Gasteiger partial charge on any atom is -0.497 e. The van der Waals surface area contributed by atoms with E-state index in [2.05, 4.69) is 33.0 Å². The van der Waals surface area contributed by atoms with Crippen LogP contribution in [0.1, 0.15) is 37.7 Å². The molecule has 1 amide bonds. The zero-order chi connectivity index (χ0) is 16.8. The first kappa shape index (κ1) is 16.4. The number of amides is 1. The number of hydrogen-bond acceptors (Lipinski definition) is 5. The van der Waals surface area contributed by atoms with E-state index in [1.54, 1.807) is 7.11 Å². The summed E-state index contributed by atoms with van der Waals surface area (Å²) in [6, 6.07) is 8.23. The lowest BCUT2D eigenvalue weighted by Gasteiger charge is -2.38. The highest BCUT2D eigenvalue weighted by molar-refractivity contribution is 5.75. The normalized spacial score (nSPS) is 16.5. The van der Waals surface area contributed by atoms with Gasteiger partial charge in [-0.1, -0.05) is 31.4 Å². The summed E-state index contributed by atoms with van der Waals surface area (Å²) >= 11 is 0. The van der Waals surface area contributed by atoms with Crippen LogP contribution in [-0.2, 0) is 16.8 Å². The van der Waals surface area contributed by atoms with Gasteiger partial charge in [-0.05, 0) is 41.0 Å². The lowest BCUT2D eigenvalue weighted by atomic mass is 9.69. The molecule has 0 aliphatic heterocycles. The number of ether oxygens (including phenoxy) is 1. The second kappa shape index (κ2) is 7.42. The summed E-state index contributed by atoms with van der Waals surface area (Å²) in [6.45, 7) is 0.784. The van der Waals surface area contributed by atoms with Crippen molar-refractivity contribution < 1.29 is 9.53 Å². The summed E-state index contributed by atoms with van der Waals surface area (Å²) in [5.74, 6) is 0.785. The molecule has 0 radical (unpaired) electrons. The smallest absolute Gasteiger partial charge is 0.241 e. The fourth-order valence-corrected chi connectivity index (χ4v) is 3.46. The number of tetrazole rings is 1. The van der Waals surface area contributed by atoms with Crippen LogP contribution < -0.4 is 10.1 Å². The predicted octanol–water partition coefficient (Wildman–Crippen LogP) is 1.70. The summed E-state index contributed by atoms with van der Waals surface area (Å²) in [4.78, 5) is 12.2. The molecular formula is C17H23N5O2. The molecule has 3 rings (SSSR count). The summed E-state index contributed by atoms with van der Waals surface area (Å²) in [7, 11) is 1.67. The molecule has 0 bridgehead atoms. The average molecular weight is 329 g/mol. The molecule has 1 fully saturated rings. The number of hydrogen-bond donors (Lipinski definition) is 1. The topological polar surface area (TPSA) is 81.9 Å². The van der Waals surface area contributed by atoms with Gasteiger partial charge < -0.3 is 10.1 Å². The van der Waals surface area contributed by atoms with Crippen molar-refractivity contribution in [3.05, 3.63) is 36.2 Å². The third-order valence-electron chi connectivity index (χ3n) is 4.83. The third kappa shape index (κ3) is 3.72. The Morgan fingerprint density at radius 3 is 2.62 bits per heavy atom. The Labute approximate surface area is 141 Å². The first-order valence-electron chi connectivity index (χ1n) is 8.34. The minimum atomic E-state index is -0.0687. The van der Waals surface area contributed by atoms with Crippen molar-refractivity contribution in [2.75, 3.05) is 13.7 Å². The molecule has 0 saturated heterocycles. The van der Waals surface area contributed by atoms with Gasteiger partial charge in [-0.3, -0.25) is 4.79 Å². The minimum absolute atomic E-state index is 0.000792. The van der Waals surface area contributed by atoms with Gasteiger partial charge in [0.1, 0.15) is 18.6 Å². The molecule has 1 aromatic carbocycles. The summed E-state index contributed by atoms with van der Waals surface area (Å²) < 4.78 is 6.68. The number of nitrogens with zero attached hydrogens (tertiary/aromatic N) is 4. The highest BCUT2D eigenvalue weighted by Gasteiger charge is 2.34. The Morgan fingerprint density at radius 2 is 2.00 bits per heavy atom. The van der Waals surface area contributed by atoms with Crippen LogP contribution in [0.15, 0.2) is 30.6 Å². The van der Waals surface area contributed by atoms with E-state index < -0.39 is 0 Å². The highest BCUT2D eigenvalue weighted by Crippen LogP contribution is 2.39. The van der Waals surface area contributed by atoms with Crippen LogP contribution >= 0.6 is 0 Å². The van der Waals surface area contributed by atoms with Crippen molar-refractivity contribution >= 4 is 5.91 Å². The van der Waals surface area contributed by atoms with Gasteiger partial charge in [-0.25, -0.2) is 4.68 Å². The number of carbonyl (C=O) groups is 1. The number of nitrogens with one attached hydrogen (secondary N) is 1. The quantitative estimate of drug-likeness (QED) is 0.872. The maximum Gasteiger partial charge on any atom is 0.241 e. The van der Waals surface area contributed by atoms with Gasteiger partial charge in [-0.2, -0.15) is 0 Å². The van der Waals surface area contributed by atoms with E-state index in [1.165, 1.54) is 35.8 Å². The van der Waals surface area contributed by atoms with Crippen molar-refractivity contribution in [2.45, 2.75) is 44.1 Å². The Balaban J connectivity index is 1.69. The molecule has 1 N–H and O–H groups in total. The molecule has 0 spiro atoms. The van der Waals surface area contributed by atoms with Crippen LogP contribution in [0.5, 0.6) is 5.75 Å². The van der Waals surface area contributed by atoms with Crippen molar-refractivity contribution in [3.8, 4) is 5.75 Å². The first-order chi connectivity index (χ1) is 11.7. The Bertz CT molecular complexity index is 648. The molecule has 7 heteroatoms. The van der Waals surface area contributed by atoms with E-state index >= 15 is 0 Å². The van der Waals surface area contributed by atoms with Gasteiger partial charge in [0, 0.05) is 12.0 Å². The SMILES string of the molecule is COc1ccc(C2(CNC(=O)Cn3cnnn3)CCCCC2)cc1. The maximum atomic E-state index is 12.2. The van der Waals surface area contributed by atoms with Gasteiger partial charge in [-0.15, -0.1) is 5.10 Å². The second-order valence-corrected chi connectivity index (χ2v) is 6.35. The van der Waals surface area contributed by atoms with Crippen LogP contribution in [0.25, 0.3) is 0 Å². The highest BCUT2D eigenvalue weighted by atomic mass is 16.5. The van der Waals surface area contributed by atoms with Crippen LogP contribution in [-0.4, -0.2) is 39.8 Å². The molecule has 2 aromatic rings. The summed E-state index contributed by atoms with van der Waals surface area (Å²) in [5.41, 5.74) is 1.27. The lowest BCUT2D eigenvalue weighted by molar-refractivity contribution is -0.122. The average Bonchev–Trinajstić information content (AvgIpc) is 3.14. The van der Waals surface area contributed by atoms with Crippen molar-refractivity contribution in [2.24, 2.45) is 0 Å². The molecule has 7 nitrogen and oxygen atoms in total. The number of methoxy groups -OCH3 is 1. The van der Waals surface area contributed by atoms with Crippen molar-refractivity contribution in [1.82, 2.24) is 25.5 Å². The standard InChI is InChI=1S/C17H23N5O2/c1-24-15-7-5-14(6-8-15)17(9-3-2-4-10-17)12-18-16(23)11-22-13-19-20-21-22/h5-8,13H,2-4,9-12H2,1H3,(H,18,23). The van der Waals surface area contributed by atoms with Gasteiger partial charge in [0.2, 0.25) is 5.91 Å². The molecule has 1 heterocycles. The fraction of sp³-hybridized carbons (Fsp3) is 0.529. The zero-order valence-corrected chi connectivity index (χ0v) is 13.9. The van der Waals surface area contributed by atoms with Gasteiger partial charge >= 0.3 is 0 Å².